The maximum absolute atomic E-state index is 10.3. The van der Waals surface area contributed by atoms with Gasteiger partial charge in [-0.25, -0.2) is 0 Å². The van der Waals surface area contributed by atoms with Crippen LogP contribution in [0.5, 0.6) is 11.5 Å². The van der Waals surface area contributed by atoms with Crippen molar-refractivity contribution in [2.75, 3.05) is 13.3 Å². The molecule has 3 atom stereocenters. The molecule has 2 N–H and O–H groups in total. The summed E-state index contributed by atoms with van der Waals surface area (Å²) in [5.74, 6) is 2.34. The van der Waals surface area contributed by atoms with Crippen LogP contribution in [0.4, 0.5) is 0 Å². The molecule has 1 saturated carbocycles. The Labute approximate surface area is 126 Å². The molecule has 0 saturated heterocycles. The van der Waals surface area contributed by atoms with Crippen molar-refractivity contribution in [2.24, 2.45) is 5.92 Å². The monoisotopic (exact) mass is 291 g/mol. The second-order valence-corrected chi connectivity index (χ2v) is 6.17. The van der Waals surface area contributed by atoms with Crippen molar-refractivity contribution in [1.82, 2.24) is 5.32 Å². The lowest BCUT2D eigenvalue weighted by Crippen LogP contribution is -2.36. The molecule has 116 valence electrons. The van der Waals surface area contributed by atoms with E-state index in [1.54, 1.807) is 0 Å². The van der Waals surface area contributed by atoms with Crippen LogP contribution in [0.2, 0.25) is 0 Å². The minimum atomic E-state index is -0.499. The van der Waals surface area contributed by atoms with Crippen molar-refractivity contribution >= 4 is 0 Å². The van der Waals surface area contributed by atoms with Crippen molar-refractivity contribution in [3.8, 4) is 11.5 Å². The fraction of sp³-hybridized carbons (Fsp3) is 0.647. The minimum absolute atomic E-state index is 0.271. The number of nitrogens with one attached hydrogen (secondary N) is 1. The van der Waals surface area contributed by atoms with Gasteiger partial charge in [0.1, 0.15) is 0 Å². The molecule has 4 heteroatoms. The molecular weight excluding hydrogens is 266 g/mol. The van der Waals surface area contributed by atoms with Crippen LogP contribution in [-0.2, 0) is 0 Å². The van der Waals surface area contributed by atoms with Crippen LogP contribution >= 0.6 is 0 Å². The van der Waals surface area contributed by atoms with Gasteiger partial charge in [0, 0.05) is 12.6 Å². The molecule has 1 heterocycles. The lowest BCUT2D eigenvalue weighted by Gasteiger charge is -2.30. The molecule has 0 radical (unpaired) electrons. The van der Waals surface area contributed by atoms with Crippen LogP contribution in [0.15, 0.2) is 18.2 Å². The highest BCUT2D eigenvalue weighted by atomic mass is 16.7. The van der Waals surface area contributed by atoms with Crippen LogP contribution < -0.4 is 14.8 Å². The molecule has 4 nitrogen and oxygen atoms in total. The molecule has 3 unspecified atom stereocenters. The Morgan fingerprint density at radius 3 is 3.00 bits per heavy atom. The summed E-state index contributed by atoms with van der Waals surface area (Å²) < 4.78 is 10.7. The summed E-state index contributed by atoms with van der Waals surface area (Å²) in [6.45, 7) is 3.14. The van der Waals surface area contributed by atoms with E-state index in [4.69, 9.17) is 9.47 Å². The molecule has 0 aromatic heterocycles. The molecule has 21 heavy (non-hydrogen) atoms. The van der Waals surface area contributed by atoms with Gasteiger partial charge in [-0.1, -0.05) is 32.3 Å². The van der Waals surface area contributed by atoms with E-state index in [-0.39, 0.29) is 6.79 Å². The summed E-state index contributed by atoms with van der Waals surface area (Å²) in [5, 5.41) is 13.9. The van der Waals surface area contributed by atoms with E-state index in [1.165, 1.54) is 32.1 Å². The van der Waals surface area contributed by atoms with Crippen molar-refractivity contribution in [3.05, 3.63) is 23.8 Å². The summed E-state index contributed by atoms with van der Waals surface area (Å²) in [7, 11) is 0. The number of aliphatic hydroxyl groups is 1. The number of aliphatic hydroxyl groups excluding tert-OH is 1. The SMILES string of the molecule is CCC1CCCC(NCC(O)c2ccc3c(c2)OCO3)C1. The highest BCUT2D eigenvalue weighted by Gasteiger charge is 2.22. The molecule has 0 spiro atoms. The van der Waals surface area contributed by atoms with E-state index in [9.17, 15) is 5.11 Å². The van der Waals surface area contributed by atoms with Crippen molar-refractivity contribution in [1.29, 1.82) is 0 Å². The van der Waals surface area contributed by atoms with Gasteiger partial charge in [-0.05, 0) is 36.5 Å². The molecule has 1 aromatic rings. The smallest absolute Gasteiger partial charge is 0.231 e. The van der Waals surface area contributed by atoms with Crippen LogP contribution in [0, 0.1) is 5.92 Å². The first-order chi connectivity index (χ1) is 10.3. The zero-order chi connectivity index (χ0) is 14.7. The standard InChI is InChI=1S/C17H25NO3/c1-2-12-4-3-5-14(8-12)18-10-15(19)13-6-7-16-17(9-13)21-11-20-16/h6-7,9,12,14-15,18-19H,2-5,8,10-11H2,1H3. The second kappa shape index (κ2) is 6.67. The maximum atomic E-state index is 10.3. The van der Waals surface area contributed by atoms with Gasteiger partial charge in [0.05, 0.1) is 6.10 Å². The molecule has 2 aliphatic rings. The van der Waals surface area contributed by atoms with Crippen molar-refractivity contribution in [2.45, 2.75) is 51.2 Å². The molecular formula is C17H25NO3. The molecule has 1 aliphatic heterocycles. The van der Waals surface area contributed by atoms with Gasteiger partial charge < -0.3 is 19.9 Å². The largest absolute Gasteiger partial charge is 0.454 e. The fourth-order valence-corrected chi connectivity index (χ4v) is 3.36. The predicted molar refractivity (Wildman–Crippen MR) is 81.6 cm³/mol. The number of hydrogen-bond donors (Lipinski definition) is 2. The van der Waals surface area contributed by atoms with Crippen LogP contribution in [-0.4, -0.2) is 24.5 Å². The van der Waals surface area contributed by atoms with Crippen LogP contribution in [0.3, 0.4) is 0 Å². The zero-order valence-electron chi connectivity index (χ0n) is 12.7. The Kier molecular flexibility index (Phi) is 4.66. The first kappa shape index (κ1) is 14.7. The highest BCUT2D eigenvalue weighted by Crippen LogP contribution is 2.34. The van der Waals surface area contributed by atoms with E-state index in [0.29, 0.717) is 12.6 Å². The predicted octanol–water partition coefficient (Wildman–Crippen LogP) is 3.01. The Hall–Kier alpha value is -1.26. The summed E-state index contributed by atoms with van der Waals surface area (Å²) in [5.41, 5.74) is 0.884. The van der Waals surface area contributed by atoms with E-state index < -0.39 is 6.10 Å². The van der Waals surface area contributed by atoms with E-state index in [0.717, 1.165) is 23.0 Å². The number of hydrogen-bond acceptors (Lipinski definition) is 4. The van der Waals surface area contributed by atoms with Gasteiger partial charge in [-0.15, -0.1) is 0 Å². The summed E-state index contributed by atoms with van der Waals surface area (Å²) in [6.07, 6.45) is 5.90. The molecule has 0 bridgehead atoms. The summed E-state index contributed by atoms with van der Waals surface area (Å²) >= 11 is 0. The fourth-order valence-electron chi connectivity index (χ4n) is 3.36. The highest BCUT2D eigenvalue weighted by molar-refractivity contribution is 5.45. The Balaban J connectivity index is 1.53. The van der Waals surface area contributed by atoms with E-state index in [2.05, 4.69) is 12.2 Å². The van der Waals surface area contributed by atoms with Gasteiger partial charge in [-0.3, -0.25) is 0 Å². The lowest BCUT2D eigenvalue weighted by atomic mass is 9.84. The maximum Gasteiger partial charge on any atom is 0.231 e. The van der Waals surface area contributed by atoms with E-state index >= 15 is 0 Å². The Bertz CT molecular complexity index is 477. The third kappa shape index (κ3) is 3.50. The van der Waals surface area contributed by atoms with E-state index in [1.807, 2.05) is 18.2 Å². The van der Waals surface area contributed by atoms with Crippen molar-refractivity contribution < 1.29 is 14.6 Å². The number of rotatable bonds is 5. The summed E-state index contributed by atoms with van der Waals surface area (Å²) in [6, 6.07) is 6.21. The van der Waals surface area contributed by atoms with Gasteiger partial charge in [0.15, 0.2) is 11.5 Å². The zero-order valence-corrected chi connectivity index (χ0v) is 12.7. The summed E-state index contributed by atoms with van der Waals surface area (Å²) in [4.78, 5) is 0. The molecule has 1 aliphatic carbocycles. The topological polar surface area (TPSA) is 50.7 Å². The lowest BCUT2D eigenvalue weighted by molar-refractivity contribution is 0.159. The quantitative estimate of drug-likeness (QED) is 0.875. The Morgan fingerprint density at radius 2 is 2.14 bits per heavy atom. The Morgan fingerprint density at radius 1 is 1.29 bits per heavy atom. The van der Waals surface area contributed by atoms with Gasteiger partial charge >= 0.3 is 0 Å². The molecule has 0 amide bonds. The van der Waals surface area contributed by atoms with Gasteiger partial charge in [0.25, 0.3) is 0 Å². The number of fused-ring (bicyclic) bond motifs is 1. The third-order valence-corrected chi connectivity index (χ3v) is 4.74. The average Bonchev–Trinajstić information content (AvgIpc) is 3.00. The average molecular weight is 291 g/mol. The van der Waals surface area contributed by atoms with Gasteiger partial charge in [0.2, 0.25) is 6.79 Å². The van der Waals surface area contributed by atoms with Crippen LogP contribution in [0.1, 0.15) is 50.7 Å². The molecule has 3 rings (SSSR count). The molecule has 1 fully saturated rings. The van der Waals surface area contributed by atoms with Crippen LogP contribution in [0.25, 0.3) is 0 Å². The minimum Gasteiger partial charge on any atom is -0.454 e. The third-order valence-electron chi connectivity index (χ3n) is 4.74. The number of benzene rings is 1. The second-order valence-electron chi connectivity index (χ2n) is 6.17. The normalized spacial score (nSPS) is 25.8. The first-order valence-corrected chi connectivity index (χ1v) is 8.07. The number of ether oxygens (including phenoxy) is 2. The molecule has 1 aromatic carbocycles. The van der Waals surface area contributed by atoms with Gasteiger partial charge in [-0.2, -0.15) is 0 Å². The first-order valence-electron chi connectivity index (χ1n) is 8.07. The van der Waals surface area contributed by atoms with Crippen molar-refractivity contribution in [3.63, 3.8) is 0 Å².